The summed E-state index contributed by atoms with van der Waals surface area (Å²) < 4.78 is 28.1. The summed E-state index contributed by atoms with van der Waals surface area (Å²) >= 11 is 9.34. The van der Waals surface area contributed by atoms with Gasteiger partial charge in [0.1, 0.15) is 5.75 Å². The molecule has 0 spiro atoms. The largest absolute Gasteiger partial charge is 0.434 e. The Hall–Kier alpha value is -0.810. The molecular formula is C10H9ClF2O2S. The summed E-state index contributed by atoms with van der Waals surface area (Å²) in [5.74, 6) is -0.227. The molecule has 0 aromatic heterocycles. The van der Waals surface area contributed by atoms with Crippen LogP contribution in [-0.4, -0.2) is 18.3 Å². The highest BCUT2D eigenvalue weighted by molar-refractivity contribution is 7.80. The minimum atomic E-state index is -2.89. The van der Waals surface area contributed by atoms with Crippen LogP contribution >= 0.6 is 24.2 Å². The Bertz CT molecular complexity index is 385. The van der Waals surface area contributed by atoms with E-state index in [0.29, 0.717) is 5.56 Å². The Balaban J connectivity index is 2.78. The van der Waals surface area contributed by atoms with Crippen LogP contribution in [0.4, 0.5) is 8.78 Å². The Kier molecular flexibility index (Phi) is 5.02. The van der Waals surface area contributed by atoms with E-state index in [2.05, 4.69) is 17.4 Å². The fourth-order valence-corrected chi connectivity index (χ4v) is 1.53. The number of thiol groups is 1. The van der Waals surface area contributed by atoms with Crippen molar-refractivity contribution in [2.24, 2.45) is 0 Å². The van der Waals surface area contributed by atoms with Gasteiger partial charge in [-0.3, -0.25) is 4.79 Å². The van der Waals surface area contributed by atoms with Crippen molar-refractivity contribution >= 4 is 30.0 Å². The Morgan fingerprint density at radius 3 is 2.69 bits per heavy atom. The second kappa shape index (κ2) is 6.06. The van der Waals surface area contributed by atoms with E-state index in [0.717, 1.165) is 0 Å². The molecule has 0 amide bonds. The van der Waals surface area contributed by atoms with E-state index in [1.807, 2.05) is 0 Å². The number of alkyl halides is 3. The van der Waals surface area contributed by atoms with Crippen molar-refractivity contribution in [2.45, 2.75) is 17.9 Å². The van der Waals surface area contributed by atoms with Gasteiger partial charge in [-0.1, -0.05) is 6.07 Å². The maximum Gasteiger partial charge on any atom is 0.387 e. The molecule has 2 nitrogen and oxygen atoms in total. The summed E-state index contributed by atoms with van der Waals surface area (Å²) in [6, 6.07) is 4.39. The molecule has 0 fully saturated rings. The fraction of sp³-hybridized carbons (Fsp3) is 0.300. The quantitative estimate of drug-likeness (QED) is 0.655. The van der Waals surface area contributed by atoms with Crippen LogP contribution < -0.4 is 4.74 Å². The minimum absolute atomic E-state index is 0.0135. The van der Waals surface area contributed by atoms with Crippen LogP contribution in [0.3, 0.4) is 0 Å². The molecule has 1 rings (SSSR count). The van der Waals surface area contributed by atoms with Crippen LogP contribution in [0.5, 0.6) is 5.75 Å². The number of rotatable bonds is 5. The van der Waals surface area contributed by atoms with Crippen LogP contribution in [0.15, 0.2) is 23.1 Å². The van der Waals surface area contributed by atoms with Crippen LogP contribution in [0.25, 0.3) is 0 Å². The summed E-state index contributed by atoms with van der Waals surface area (Å²) in [5.41, 5.74) is 0.664. The third-order valence-electron chi connectivity index (χ3n) is 1.79. The highest BCUT2D eigenvalue weighted by atomic mass is 35.5. The second-order valence-corrected chi connectivity index (χ2v) is 3.78. The SMILES string of the molecule is O=C(CCl)Cc1ccc(OC(F)F)c(S)c1. The molecular weight excluding hydrogens is 258 g/mol. The van der Waals surface area contributed by atoms with Gasteiger partial charge in [0, 0.05) is 11.3 Å². The zero-order chi connectivity index (χ0) is 12.1. The monoisotopic (exact) mass is 266 g/mol. The van der Waals surface area contributed by atoms with Crippen molar-refractivity contribution in [3.63, 3.8) is 0 Å². The maximum atomic E-state index is 11.9. The predicted molar refractivity (Wildman–Crippen MR) is 59.8 cm³/mol. The molecule has 0 atom stereocenters. The second-order valence-electron chi connectivity index (χ2n) is 3.03. The van der Waals surface area contributed by atoms with Gasteiger partial charge < -0.3 is 4.74 Å². The Morgan fingerprint density at radius 2 is 2.19 bits per heavy atom. The van der Waals surface area contributed by atoms with Gasteiger partial charge in [0.15, 0.2) is 5.78 Å². The number of carbonyl (C=O) groups excluding carboxylic acids is 1. The zero-order valence-electron chi connectivity index (χ0n) is 8.12. The van der Waals surface area contributed by atoms with Gasteiger partial charge in [-0.15, -0.1) is 24.2 Å². The van der Waals surface area contributed by atoms with Gasteiger partial charge in [-0.25, -0.2) is 0 Å². The maximum absolute atomic E-state index is 11.9. The van der Waals surface area contributed by atoms with Crippen molar-refractivity contribution in [3.05, 3.63) is 23.8 Å². The molecule has 0 unspecified atom stereocenters. The molecule has 0 heterocycles. The van der Waals surface area contributed by atoms with E-state index in [-0.39, 0.29) is 28.7 Å². The summed E-state index contributed by atoms with van der Waals surface area (Å²) in [5, 5.41) is 0. The normalized spacial score (nSPS) is 10.6. The molecule has 0 aliphatic heterocycles. The standard InChI is InChI=1S/C10H9ClF2O2S/c11-5-7(14)3-6-1-2-8(9(16)4-6)15-10(12)13/h1-2,4,10,16H,3,5H2. The first-order chi connectivity index (χ1) is 7.52. The number of ketones is 1. The molecule has 0 bridgehead atoms. The third kappa shape index (κ3) is 3.98. The topological polar surface area (TPSA) is 26.3 Å². The summed E-state index contributed by atoms with van der Waals surface area (Å²) in [6.07, 6.45) is 0.159. The third-order valence-corrected chi connectivity index (χ3v) is 2.44. The first kappa shape index (κ1) is 13.3. The van der Waals surface area contributed by atoms with E-state index in [1.54, 1.807) is 0 Å². The minimum Gasteiger partial charge on any atom is -0.434 e. The highest BCUT2D eigenvalue weighted by Gasteiger charge is 2.09. The van der Waals surface area contributed by atoms with Crippen LogP contribution in [0, 0.1) is 0 Å². The number of halogens is 3. The van der Waals surface area contributed by atoms with Crippen molar-refractivity contribution < 1.29 is 18.3 Å². The molecule has 0 aliphatic carbocycles. The number of benzene rings is 1. The van der Waals surface area contributed by atoms with Gasteiger partial charge >= 0.3 is 6.61 Å². The fourth-order valence-electron chi connectivity index (χ4n) is 1.14. The number of hydrogen-bond donors (Lipinski definition) is 1. The summed E-state index contributed by atoms with van der Waals surface area (Å²) in [7, 11) is 0. The van der Waals surface area contributed by atoms with Gasteiger partial charge in [0.05, 0.1) is 5.88 Å². The van der Waals surface area contributed by atoms with Gasteiger partial charge in [0.2, 0.25) is 0 Å². The van der Waals surface area contributed by atoms with E-state index in [9.17, 15) is 13.6 Å². The first-order valence-corrected chi connectivity index (χ1v) is 5.35. The van der Waals surface area contributed by atoms with Crippen LogP contribution in [0.1, 0.15) is 5.56 Å². The lowest BCUT2D eigenvalue weighted by atomic mass is 10.1. The van der Waals surface area contributed by atoms with Crippen LogP contribution in [0.2, 0.25) is 0 Å². The number of carbonyl (C=O) groups is 1. The molecule has 1 aromatic carbocycles. The van der Waals surface area contributed by atoms with Crippen molar-refractivity contribution in [2.75, 3.05) is 5.88 Å². The molecule has 0 aliphatic rings. The molecule has 1 aromatic rings. The number of hydrogen-bond acceptors (Lipinski definition) is 3. The Labute approximate surface area is 102 Å². The number of ether oxygens (including phenoxy) is 1. The number of Topliss-reactive ketones (excluding diaryl/α,β-unsaturated/α-hetero) is 1. The van der Waals surface area contributed by atoms with E-state index < -0.39 is 6.61 Å². The van der Waals surface area contributed by atoms with Gasteiger partial charge in [-0.05, 0) is 17.7 Å². The lowest BCUT2D eigenvalue weighted by Gasteiger charge is -2.08. The molecule has 16 heavy (non-hydrogen) atoms. The average Bonchev–Trinajstić information content (AvgIpc) is 2.21. The molecule has 6 heteroatoms. The van der Waals surface area contributed by atoms with E-state index in [1.165, 1.54) is 18.2 Å². The van der Waals surface area contributed by atoms with Crippen LogP contribution in [-0.2, 0) is 11.2 Å². The smallest absolute Gasteiger partial charge is 0.387 e. The lowest BCUT2D eigenvalue weighted by molar-refractivity contribution is -0.116. The first-order valence-electron chi connectivity index (χ1n) is 4.37. The molecule has 0 radical (unpaired) electrons. The molecule has 0 saturated carbocycles. The van der Waals surface area contributed by atoms with Gasteiger partial charge in [-0.2, -0.15) is 8.78 Å². The zero-order valence-corrected chi connectivity index (χ0v) is 9.77. The van der Waals surface area contributed by atoms with E-state index in [4.69, 9.17) is 11.6 Å². The Morgan fingerprint density at radius 1 is 1.50 bits per heavy atom. The highest BCUT2D eigenvalue weighted by Crippen LogP contribution is 2.25. The lowest BCUT2D eigenvalue weighted by Crippen LogP contribution is -2.05. The van der Waals surface area contributed by atoms with Crippen molar-refractivity contribution in [1.82, 2.24) is 0 Å². The summed E-state index contributed by atoms with van der Waals surface area (Å²) in [6.45, 7) is -2.89. The molecule has 0 N–H and O–H groups in total. The predicted octanol–water partition coefficient (Wildman–Crippen LogP) is 2.93. The molecule has 0 saturated heterocycles. The summed E-state index contributed by atoms with van der Waals surface area (Å²) in [4.78, 5) is 11.3. The van der Waals surface area contributed by atoms with Crippen molar-refractivity contribution in [1.29, 1.82) is 0 Å². The van der Waals surface area contributed by atoms with Gasteiger partial charge in [0.25, 0.3) is 0 Å². The van der Waals surface area contributed by atoms with Crippen molar-refractivity contribution in [3.8, 4) is 5.75 Å². The average molecular weight is 267 g/mol. The van der Waals surface area contributed by atoms with E-state index >= 15 is 0 Å². The molecule has 88 valence electrons.